The molecule has 2 aromatic rings. The number of hydrogen-bond donors (Lipinski definition) is 3. The van der Waals surface area contributed by atoms with Gasteiger partial charge in [-0.05, 0) is 34.7 Å². The minimum absolute atomic E-state index is 0.0538. The van der Waals surface area contributed by atoms with Crippen molar-refractivity contribution in [3.63, 3.8) is 0 Å². The van der Waals surface area contributed by atoms with Gasteiger partial charge < -0.3 is 14.9 Å². The second-order valence-corrected chi connectivity index (χ2v) is 6.13. The third kappa shape index (κ3) is 4.54. The molecular weight excluding hydrogens is 445 g/mol. The Morgan fingerprint density at radius 1 is 1.48 bits per heavy atom. The van der Waals surface area contributed by atoms with Crippen molar-refractivity contribution in [2.24, 2.45) is 0 Å². The second kappa shape index (κ2) is 8.07. The number of aliphatic hydroxyl groups is 1. The number of carbonyl (C=O) groups is 1. The summed E-state index contributed by atoms with van der Waals surface area (Å²) in [5.41, 5.74) is 0.483. The number of pyridine rings is 1. The fourth-order valence-electron chi connectivity index (χ4n) is 2.31. The van der Waals surface area contributed by atoms with Crippen molar-refractivity contribution in [1.29, 1.82) is 0 Å². The lowest BCUT2D eigenvalue weighted by Gasteiger charge is -2.16. The van der Waals surface area contributed by atoms with Gasteiger partial charge in [0.25, 0.3) is 5.69 Å². The van der Waals surface area contributed by atoms with Crippen LogP contribution in [0.2, 0.25) is 0 Å². The lowest BCUT2D eigenvalue weighted by atomic mass is 10.0. The highest BCUT2D eigenvalue weighted by Crippen LogP contribution is 2.33. The van der Waals surface area contributed by atoms with Crippen LogP contribution in [0.3, 0.4) is 0 Å². The number of hydrogen-bond acceptors (Lipinski definition) is 6. The Morgan fingerprint density at radius 2 is 2.20 bits per heavy atom. The Hall–Kier alpha value is -2.47. The highest BCUT2D eigenvalue weighted by molar-refractivity contribution is 14.1. The van der Waals surface area contributed by atoms with E-state index >= 15 is 0 Å². The summed E-state index contributed by atoms with van der Waals surface area (Å²) in [4.78, 5) is 25.3. The maximum Gasteiger partial charge on any atom is 0.409 e. The van der Waals surface area contributed by atoms with E-state index in [9.17, 15) is 20.0 Å². The number of carboxylic acid groups (broad SMARTS) is 1. The molecule has 0 saturated heterocycles. The molecule has 1 heterocycles. The number of nitrogens with one attached hydrogen (secondary N) is 1. The Kier molecular flexibility index (Phi) is 6.09. The number of rotatable bonds is 6. The van der Waals surface area contributed by atoms with Crippen LogP contribution in [-0.4, -0.2) is 33.3 Å². The van der Waals surface area contributed by atoms with Crippen LogP contribution in [0.4, 0.5) is 16.2 Å². The van der Waals surface area contributed by atoms with E-state index < -0.39 is 17.1 Å². The molecule has 10 heteroatoms. The third-order valence-electron chi connectivity index (χ3n) is 3.37. The Labute approximate surface area is 155 Å². The summed E-state index contributed by atoms with van der Waals surface area (Å²) in [5.74, 6) is 0.242. The van der Waals surface area contributed by atoms with Gasteiger partial charge in [0.1, 0.15) is 0 Å². The lowest BCUT2D eigenvalue weighted by Crippen LogP contribution is -2.10. The van der Waals surface area contributed by atoms with Crippen molar-refractivity contribution < 1.29 is 24.7 Å². The fourth-order valence-corrected chi connectivity index (χ4v) is 3.07. The van der Waals surface area contributed by atoms with E-state index in [0.29, 0.717) is 9.13 Å². The summed E-state index contributed by atoms with van der Waals surface area (Å²) in [5, 5.41) is 32.6. The van der Waals surface area contributed by atoms with E-state index in [4.69, 9.17) is 9.84 Å². The first-order chi connectivity index (χ1) is 11.8. The SMILES string of the molecule is COc1nccc(I)c1C(O)Cc1ccc(NC(=O)O)cc1[N+](=O)[O-]. The largest absolute Gasteiger partial charge is 0.481 e. The highest BCUT2D eigenvalue weighted by Gasteiger charge is 2.23. The van der Waals surface area contributed by atoms with Crippen LogP contribution in [0, 0.1) is 13.7 Å². The van der Waals surface area contributed by atoms with Crippen molar-refractivity contribution >= 4 is 40.1 Å². The fraction of sp³-hybridized carbons (Fsp3) is 0.200. The summed E-state index contributed by atoms with van der Waals surface area (Å²) >= 11 is 2.02. The van der Waals surface area contributed by atoms with Crippen molar-refractivity contribution in [2.75, 3.05) is 12.4 Å². The van der Waals surface area contributed by atoms with Gasteiger partial charge in [-0.3, -0.25) is 15.4 Å². The normalized spacial score (nSPS) is 11.6. The zero-order valence-electron chi connectivity index (χ0n) is 13.0. The monoisotopic (exact) mass is 459 g/mol. The first-order valence-corrected chi connectivity index (χ1v) is 8.05. The van der Waals surface area contributed by atoms with Gasteiger partial charge in [0.2, 0.25) is 5.88 Å². The molecular formula is C15H14IN3O6. The molecule has 0 aliphatic heterocycles. The van der Waals surface area contributed by atoms with Crippen molar-refractivity contribution in [3.8, 4) is 5.88 Å². The Balaban J connectivity index is 2.36. The molecule has 0 aliphatic rings. The van der Waals surface area contributed by atoms with Crippen molar-refractivity contribution in [1.82, 2.24) is 4.98 Å². The van der Waals surface area contributed by atoms with E-state index in [1.165, 1.54) is 25.4 Å². The average Bonchev–Trinajstić information content (AvgIpc) is 2.55. The number of methoxy groups -OCH3 is 1. The molecule has 9 nitrogen and oxygen atoms in total. The van der Waals surface area contributed by atoms with Crippen LogP contribution in [0.1, 0.15) is 17.2 Å². The molecule has 1 unspecified atom stereocenters. The van der Waals surface area contributed by atoms with Gasteiger partial charge in [-0.15, -0.1) is 0 Å². The number of anilines is 1. The van der Waals surface area contributed by atoms with Crippen LogP contribution in [-0.2, 0) is 6.42 Å². The Bertz CT molecular complexity index is 814. The average molecular weight is 459 g/mol. The Morgan fingerprint density at radius 3 is 2.80 bits per heavy atom. The van der Waals surface area contributed by atoms with Crippen LogP contribution in [0.5, 0.6) is 5.88 Å². The summed E-state index contributed by atoms with van der Waals surface area (Å²) < 4.78 is 5.85. The maximum absolute atomic E-state index is 11.3. The van der Waals surface area contributed by atoms with E-state index in [1.807, 2.05) is 22.6 Å². The number of amides is 1. The predicted molar refractivity (Wildman–Crippen MR) is 96.9 cm³/mol. The third-order valence-corrected chi connectivity index (χ3v) is 4.31. The molecule has 0 saturated carbocycles. The van der Waals surface area contributed by atoms with Crippen molar-refractivity contribution in [3.05, 3.63) is 55.3 Å². The lowest BCUT2D eigenvalue weighted by molar-refractivity contribution is -0.385. The van der Waals surface area contributed by atoms with Crippen LogP contribution in [0.15, 0.2) is 30.5 Å². The van der Waals surface area contributed by atoms with Gasteiger partial charge in [0, 0.05) is 27.8 Å². The smallest absolute Gasteiger partial charge is 0.409 e. The summed E-state index contributed by atoms with van der Waals surface area (Å²) in [7, 11) is 1.42. The molecule has 25 heavy (non-hydrogen) atoms. The zero-order chi connectivity index (χ0) is 18.6. The molecule has 3 N–H and O–H groups in total. The molecule has 1 amide bonds. The number of halogens is 1. The molecule has 0 fully saturated rings. The van der Waals surface area contributed by atoms with Gasteiger partial charge >= 0.3 is 6.09 Å². The molecule has 1 aromatic carbocycles. The first-order valence-electron chi connectivity index (χ1n) is 6.97. The van der Waals surface area contributed by atoms with Gasteiger partial charge in [-0.25, -0.2) is 9.78 Å². The zero-order valence-corrected chi connectivity index (χ0v) is 15.1. The number of benzene rings is 1. The number of aromatic nitrogens is 1. The number of nitro groups is 1. The molecule has 2 rings (SSSR count). The molecule has 0 spiro atoms. The van der Waals surface area contributed by atoms with E-state index in [0.717, 1.165) is 6.07 Å². The van der Waals surface area contributed by atoms with Gasteiger partial charge in [0.15, 0.2) is 0 Å². The minimum atomic E-state index is -1.32. The van der Waals surface area contributed by atoms with E-state index in [-0.39, 0.29) is 29.2 Å². The summed E-state index contributed by atoms with van der Waals surface area (Å²) in [6.45, 7) is 0. The molecule has 1 atom stereocenters. The number of nitro benzene ring substituents is 1. The topological polar surface area (TPSA) is 135 Å². The second-order valence-electron chi connectivity index (χ2n) is 4.97. The maximum atomic E-state index is 11.3. The van der Waals surface area contributed by atoms with Gasteiger partial charge in [-0.1, -0.05) is 6.07 Å². The van der Waals surface area contributed by atoms with E-state index in [1.54, 1.807) is 6.07 Å². The number of aliphatic hydroxyl groups excluding tert-OH is 1. The molecule has 132 valence electrons. The van der Waals surface area contributed by atoms with Crippen LogP contribution >= 0.6 is 22.6 Å². The molecule has 1 aromatic heterocycles. The summed E-state index contributed by atoms with van der Waals surface area (Å²) in [6, 6.07) is 5.61. The standard InChI is InChI=1S/C15H14IN3O6/c1-25-14-13(10(16)4-5-17-14)12(20)6-8-2-3-9(18-15(21)22)7-11(8)19(23)24/h2-5,7,12,18,20H,6H2,1H3,(H,21,22). The number of nitrogens with zero attached hydrogens (tertiary/aromatic N) is 2. The van der Waals surface area contributed by atoms with Crippen molar-refractivity contribution in [2.45, 2.75) is 12.5 Å². The van der Waals surface area contributed by atoms with Gasteiger partial charge in [-0.2, -0.15) is 0 Å². The molecule has 0 radical (unpaired) electrons. The van der Waals surface area contributed by atoms with E-state index in [2.05, 4.69) is 10.3 Å². The molecule has 0 bridgehead atoms. The van der Waals surface area contributed by atoms with Crippen LogP contribution in [0.25, 0.3) is 0 Å². The summed E-state index contributed by atoms with van der Waals surface area (Å²) in [6.07, 6.45) is -0.919. The number of ether oxygens (including phenoxy) is 1. The van der Waals surface area contributed by atoms with Gasteiger partial charge in [0.05, 0.1) is 29.4 Å². The minimum Gasteiger partial charge on any atom is -0.481 e. The van der Waals surface area contributed by atoms with Crippen LogP contribution < -0.4 is 10.1 Å². The quantitative estimate of drug-likeness (QED) is 0.344. The first kappa shape index (κ1) is 18.9. The highest BCUT2D eigenvalue weighted by atomic mass is 127. The predicted octanol–water partition coefficient (Wildman–Crippen LogP) is 2.97. The molecule has 0 aliphatic carbocycles.